The van der Waals surface area contributed by atoms with E-state index in [2.05, 4.69) is 382 Å². The van der Waals surface area contributed by atoms with Crippen molar-refractivity contribution in [2.24, 2.45) is 0 Å². The average Bonchev–Trinajstić information content (AvgIpc) is 1.59. The van der Waals surface area contributed by atoms with Crippen molar-refractivity contribution in [3.8, 4) is 22.7 Å². The van der Waals surface area contributed by atoms with Gasteiger partial charge in [0.2, 0.25) is 0 Å². The van der Waals surface area contributed by atoms with Gasteiger partial charge >= 0.3 is 7.12 Å². The fourth-order valence-corrected chi connectivity index (χ4v) is 18.1. The Balaban J connectivity index is 0.0000000931. The van der Waals surface area contributed by atoms with Crippen LogP contribution in [0.25, 0.3) is 132 Å². The van der Waals surface area contributed by atoms with E-state index >= 15 is 0 Å². The highest BCUT2D eigenvalue weighted by atomic mass is 79.9. The molecule has 19 aromatic rings. The van der Waals surface area contributed by atoms with Crippen LogP contribution in [0.2, 0.25) is 0 Å². The van der Waals surface area contributed by atoms with Crippen LogP contribution < -0.4 is 5.46 Å². The number of rotatable bonds is 2. The molecule has 0 radical (unpaired) electrons. The van der Waals surface area contributed by atoms with Crippen LogP contribution in [-0.2, 0) is 16.2 Å². The van der Waals surface area contributed by atoms with E-state index in [4.69, 9.17) is 0 Å². The van der Waals surface area contributed by atoms with Crippen LogP contribution in [-0.4, -0.2) is 40.4 Å². The number of aromatic amines is 1. The molecule has 0 atom stereocenters. The summed E-state index contributed by atoms with van der Waals surface area (Å²) in [4.78, 5) is 3.38. The third-order valence-electron chi connectivity index (χ3n) is 22.1. The van der Waals surface area contributed by atoms with Crippen molar-refractivity contribution in [1.82, 2.24) is 23.3 Å². The van der Waals surface area contributed by atoms with E-state index < -0.39 is 7.12 Å². The Kier molecular flexibility index (Phi) is 15.3. The second-order valence-electron chi connectivity index (χ2n) is 28.9. The van der Waals surface area contributed by atoms with Gasteiger partial charge in [-0.15, -0.1) is 0 Å². The summed E-state index contributed by atoms with van der Waals surface area (Å²) >= 11 is 7.39. The number of hydrogen-bond acceptors (Lipinski definition) is 2. The molecule has 0 amide bonds. The molecule has 0 aliphatic carbocycles. The monoisotopic (exact) mass is 1460 g/mol. The first-order chi connectivity index (χ1) is 50.1. The lowest BCUT2D eigenvalue weighted by molar-refractivity contribution is 0.425. The van der Waals surface area contributed by atoms with E-state index in [1.807, 2.05) is 24.3 Å². The van der Waals surface area contributed by atoms with Crippen LogP contribution in [0.3, 0.4) is 0 Å². The SMILES string of the molecule is Brc1ccccc1-n1c2ccccc2c2ccccc21.CC1(C)c2ccccc2-n2c3ccccc3c3cc(B(O)O)cc1c32.CC1(C)c2ccccc2-n2c3ccccc3c3cc(Br)cc1c32.CC1(C)c2ccccc2-n2c3ccccc3c3cccc1c32.c1ccc2c(c1)[nH]c1ccccc12. The molecule has 22 rings (SSSR count). The van der Waals surface area contributed by atoms with Gasteiger partial charge in [-0.2, -0.15) is 0 Å². The smallest absolute Gasteiger partial charge is 0.423 e. The minimum absolute atomic E-state index is 0.0109. The third-order valence-corrected chi connectivity index (χ3v) is 23.2. The lowest BCUT2D eigenvalue weighted by Crippen LogP contribution is -2.33. The minimum atomic E-state index is -1.48. The predicted molar refractivity (Wildman–Crippen MR) is 441 cm³/mol. The van der Waals surface area contributed by atoms with Gasteiger partial charge in [0.25, 0.3) is 0 Å². The van der Waals surface area contributed by atoms with Crippen LogP contribution in [0.1, 0.15) is 74.9 Å². The van der Waals surface area contributed by atoms with Crippen molar-refractivity contribution in [1.29, 1.82) is 0 Å². The van der Waals surface area contributed by atoms with Crippen LogP contribution in [0.15, 0.2) is 318 Å². The highest BCUT2D eigenvalue weighted by Crippen LogP contribution is 2.51. The number of nitrogens with one attached hydrogen (secondary N) is 1. The van der Waals surface area contributed by atoms with Gasteiger partial charge in [0, 0.05) is 90.1 Å². The maximum Gasteiger partial charge on any atom is 0.488 e. The van der Waals surface area contributed by atoms with Crippen LogP contribution in [0, 0.1) is 0 Å². The Morgan fingerprint density at radius 2 is 0.583 bits per heavy atom. The van der Waals surface area contributed by atoms with Gasteiger partial charge in [0.1, 0.15) is 0 Å². The number of aromatic nitrogens is 5. The van der Waals surface area contributed by atoms with Gasteiger partial charge in [-0.3, -0.25) is 0 Å². The van der Waals surface area contributed by atoms with Crippen LogP contribution in [0.5, 0.6) is 0 Å². The molecule has 3 N–H and O–H groups in total. The summed E-state index contributed by atoms with van der Waals surface area (Å²) in [7, 11) is -1.48. The first-order valence-corrected chi connectivity index (χ1v) is 36.9. The molecular weight excluding hydrogens is 1390 g/mol. The number of fused-ring (bicyclic) bond motifs is 21. The molecular formula is C93H72BBr2N5O2. The maximum absolute atomic E-state index is 9.81. The highest BCUT2D eigenvalue weighted by molar-refractivity contribution is 9.10. The summed E-state index contributed by atoms with van der Waals surface area (Å²) in [6.45, 7) is 13.7. The number of nitrogens with zero attached hydrogens (tertiary/aromatic N) is 4. The van der Waals surface area contributed by atoms with Crippen LogP contribution >= 0.6 is 31.9 Å². The minimum Gasteiger partial charge on any atom is -0.423 e. The summed E-state index contributed by atoms with van der Waals surface area (Å²) in [5, 5.41) is 32.4. The fourth-order valence-electron chi connectivity index (χ4n) is 17.2. The van der Waals surface area contributed by atoms with Gasteiger partial charge in [-0.25, -0.2) is 0 Å². The number of hydrogen-bond donors (Lipinski definition) is 3. The molecule has 0 spiro atoms. The van der Waals surface area contributed by atoms with Crippen molar-refractivity contribution in [2.75, 3.05) is 0 Å². The van der Waals surface area contributed by atoms with Crippen molar-refractivity contribution in [2.45, 2.75) is 57.8 Å². The van der Waals surface area contributed by atoms with Gasteiger partial charge in [-0.1, -0.05) is 282 Å². The van der Waals surface area contributed by atoms with Gasteiger partial charge in [0.15, 0.2) is 0 Å². The van der Waals surface area contributed by atoms with E-state index in [0.29, 0.717) is 5.46 Å². The highest BCUT2D eigenvalue weighted by Gasteiger charge is 2.39. The zero-order valence-corrected chi connectivity index (χ0v) is 61.1. The molecule has 14 aromatic carbocycles. The fraction of sp³-hybridized carbons (Fsp3) is 0.0968. The molecule has 103 heavy (non-hydrogen) atoms. The quantitative estimate of drug-likeness (QED) is 0.151. The summed E-state index contributed by atoms with van der Waals surface area (Å²) in [6, 6.07) is 109. The second kappa shape index (κ2) is 24.6. The standard InChI is InChI=1S/C21H18BNO2.C21H16BrN.C21H17N.C18H12BrN.C12H9N/c1-21(2)16-8-4-6-10-19(16)23-18-9-5-3-7-14(18)15-11-13(22(24)25)12-17(21)20(15)23;1-21(2)16-8-4-6-10-19(16)23-18-9-5-3-7-14(18)15-11-13(22)12-17(21)20(15)23;1-21(2)16-10-4-6-13-19(16)22-18-12-5-3-8-14(18)15-9-7-11-17(21)20(15)22;19-15-9-3-6-12-18(15)20-16-10-4-1-7-13(16)14-8-2-5-11-17(14)20;1-3-7-11-9(5-1)10-6-2-4-8-12(10)13-11/h3-12,24-25H,1-2H3;3-12H,1-2H3;3-13H,1-2H3;1-12H;1-8,13H. The number of para-hydroxylation sites is 12. The molecule has 0 fully saturated rings. The lowest BCUT2D eigenvalue weighted by Gasteiger charge is -2.35. The predicted octanol–water partition coefficient (Wildman–Crippen LogP) is 23.6. The molecule has 0 saturated heterocycles. The normalized spacial score (nSPS) is 13.8. The lowest BCUT2D eigenvalue weighted by atomic mass is 9.70. The molecule has 498 valence electrons. The first kappa shape index (κ1) is 64.1. The van der Waals surface area contributed by atoms with E-state index in [-0.39, 0.29) is 16.2 Å². The molecule has 5 aromatic heterocycles. The van der Waals surface area contributed by atoms with Crippen LogP contribution in [0.4, 0.5) is 0 Å². The number of H-pyrrole nitrogens is 1. The van der Waals surface area contributed by atoms with Gasteiger partial charge in [0.05, 0.1) is 66.9 Å². The number of halogens is 2. The summed E-state index contributed by atoms with van der Waals surface area (Å²) < 4.78 is 11.8. The van der Waals surface area contributed by atoms with E-state index in [9.17, 15) is 10.0 Å². The molecule has 0 bridgehead atoms. The van der Waals surface area contributed by atoms with Crippen molar-refractivity contribution in [3.63, 3.8) is 0 Å². The second-order valence-corrected chi connectivity index (χ2v) is 30.7. The molecule has 3 aliphatic rings. The van der Waals surface area contributed by atoms with Crippen molar-refractivity contribution in [3.05, 3.63) is 352 Å². The first-order valence-electron chi connectivity index (χ1n) is 35.3. The van der Waals surface area contributed by atoms with E-state index in [0.717, 1.165) is 36.3 Å². The zero-order valence-electron chi connectivity index (χ0n) is 58.0. The Hall–Kier alpha value is -11.0. The maximum atomic E-state index is 9.81. The van der Waals surface area contributed by atoms with Crippen molar-refractivity contribution >= 4 is 153 Å². The molecule has 3 aliphatic heterocycles. The topological polar surface area (TPSA) is 76.0 Å². The average molecular weight is 1460 g/mol. The van der Waals surface area contributed by atoms with E-state index in [1.165, 1.54) is 138 Å². The number of benzene rings is 14. The van der Waals surface area contributed by atoms with Crippen molar-refractivity contribution < 1.29 is 10.0 Å². The molecule has 8 heterocycles. The Bertz CT molecular complexity index is 6530. The van der Waals surface area contributed by atoms with E-state index in [1.54, 1.807) is 0 Å². The molecule has 0 saturated carbocycles. The Morgan fingerprint density at radius 1 is 0.272 bits per heavy atom. The largest absolute Gasteiger partial charge is 0.488 e. The zero-order chi connectivity index (χ0) is 70.2. The summed E-state index contributed by atoms with van der Waals surface area (Å²) in [5.74, 6) is 0. The Labute approximate surface area is 614 Å². The van der Waals surface area contributed by atoms with Gasteiger partial charge < -0.3 is 33.3 Å². The summed E-state index contributed by atoms with van der Waals surface area (Å²) in [6.07, 6.45) is 0. The molecule has 7 nitrogen and oxygen atoms in total. The third kappa shape index (κ3) is 10.0. The molecule has 10 heteroatoms. The Morgan fingerprint density at radius 3 is 1.03 bits per heavy atom. The summed E-state index contributed by atoms with van der Waals surface area (Å²) in [5.41, 5.74) is 25.8. The van der Waals surface area contributed by atoms with Gasteiger partial charge in [-0.05, 0) is 140 Å². The molecule has 0 unspecified atom stereocenters.